The lowest BCUT2D eigenvalue weighted by molar-refractivity contribution is -0.135. The summed E-state index contributed by atoms with van der Waals surface area (Å²) in [5, 5.41) is 9.51. The predicted molar refractivity (Wildman–Crippen MR) is 150 cm³/mol. The largest absolute Gasteiger partial charge is 0.344 e. The highest BCUT2D eigenvalue weighted by Gasteiger charge is 2.31. The molecule has 4 rings (SSSR count). The number of anilines is 1. The van der Waals surface area contributed by atoms with Gasteiger partial charge in [0.15, 0.2) is 0 Å². The third-order valence-corrected chi connectivity index (χ3v) is 7.77. The van der Waals surface area contributed by atoms with Crippen LogP contribution in [0.3, 0.4) is 0 Å². The maximum atomic E-state index is 13.4. The molecular weight excluding hydrogens is 476 g/mol. The van der Waals surface area contributed by atoms with Crippen LogP contribution in [0, 0.1) is 5.92 Å². The van der Waals surface area contributed by atoms with Crippen LogP contribution in [-0.2, 0) is 27.3 Å². The number of benzene rings is 2. The SMILES string of the molecule is CCC(=O)N[C@H](Cc1ccc(NC(=O)CC2CCCCC2)cc1)C(=O)N1CC[C@@H](NCc2ccccc2)C1. The van der Waals surface area contributed by atoms with Gasteiger partial charge < -0.3 is 20.9 Å². The molecule has 7 nitrogen and oxygen atoms in total. The van der Waals surface area contributed by atoms with Gasteiger partial charge in [0, 0.05) is 50.6 Å². The minimum absolute atomic E-state index is 0.0410. The summed E-state index contributed by atoms with van der Waals surface area (Å²) in [4.78, 5) is 40.0. The molecule has 2 aromatic carbocycles. The second-order valence-electron chi connectivity index (χ2n) is 10.8. The van der Waals surface area contributed by atoms with Gasteiger partial charge in [-0.15, -0.1) is 0 Å². The number of hydrogen-bond donors (Lipinski definition) is 3. The number of nitrogens with one attached hydrogen (secondary N) is 3. The summed E-state index contributed by atoms with van der Waals surface area (Å²) in [6, 6.07) is 17.5. The molecule has 1 aliphatic heterocycles. The molecule has 0 aromatic heterocycles. The van der Waals surface area contributed by atoms with E-state index in [0.29, 0.717) is 38.3 Å². The monoisotopic (exact) mass is 518 g/mol. The highest BCUT2D eigenvalue weighted by Crippen LogP contribution is 2.26. The van der Waals surface area contributed by atoms with Gasteiger partial charge in [-0.25, -0.2) is 0 Å². The summed E-state index contributed by atoms with van der Waals surface area (Å²) in [5.74, 6) is 0.390. The van der Waals surface area contributed by atoms with Crippen LogP contribution in [0.15, 0.2) is 54.6 Å². The van der Waals surface area contributed by atoms with Crippen LogP contribution in [0.2, 0.25) is 0 Å². The zero-order valence-corrected chi connectivity index (χ0v) is 22.6. The quantitative estimate of drug-likeness (QED) is 0.411. The van der Waals surface area contributed by atoms with E-state index in [1.165, 1.54) is 24.8 Å². The third kappa shape index (κ3) is 8.42. The first kappa shape index (κ1) is 27.8. The average molecular weight is 519 g/mol. The van der Waals surface area contributed by atoms with E-state index in [4.69, 9.17) is 0 Å². The summed E-state index contributed by atoms with van der Waals surface area (Å²) < 4.78 is 0. The molecule has 2 aliphatic rings. The maximum absolute atomic E-state index is 13.4. The van der Waals surface area contributed by atoms with Crippen LogP contribution in [0.1, 0.15) is 69.4 Å². The van der Waals surface area contributed by atoms with Gasteiger partial charge in [0.2, 0.25) is 17.7 Å². The fourth-order valence-corrected chi connectivity index (χ4v) is 5.53. The van der Waals surface area contributed by atoms with Gasteiger partial charge in [-0.05, 0) is 48.4 Å². The Kier molecular flexibility index (Phi) is 10.3. The summed E-state index contributed by atoms with van der Waals surface area (Å²) in [6.07, 6.45) is 8.24. The average Bonchev–Trinajstić information content (AvgIpc) is 3.42. The third-order valence-electron chi connectivity index (χ3n) is 7.77. The van der Waals surface area contributed by atoms with Crippen molar-refractivity contribution < 1.29 is 14.4 Å². The molecule has 1 saturated heterocycles. The Balaban J connectivity index is 1.30. The zero-order valence-electron chi connectivity index (χ0n) is 22.6. The Bertz CT molecular complexity index is 1050. The number of carbonyl (C=O) groups is 3. The van der Waals surface area contributed by atoms with Crippen LogP contribution in [0.5, 0.6) is 0 Å². The molecule has 1 aliphatic carbocycles. The number of amides is 3. The maximum Gasteiger partial charge on any atom is 0.245 e. The molecule has 0 bridgehead atoms. The van der Waals surface area contributed by atoms with E-state index in [1.807, 2.05) is 47.4 Å². The molecule has 3 amide bonds. The second-order valence-corrected chi connectivity index (χ2v) is 10.8. The van der Waals surface area contributed by atoms with Crippen LogP contribution < -0.4 is 16.0 Å². The molecular formula is C31H42N4O3. The first-order valence-corrected chi connectivity index (χ1v) is 14.2. The van der Waals surface area contributed by atoms with Gasteiger partial charge in [0.1, 0.15) is 6.04 Å². The molecule has 3 N–H and O–H groups in total. The van der Waals surface area contributed by atoms with Gasteiger partial charge in [-0.1, -0.05) is 68.7 Å². The lowest BCUT2D eigenvalue weighted by Gasteiger charge is -2.25. The van der Waals surface area contributed by atoms with E-state index in [2.05, 4.69) is 28.1 Å². The van der Waals surface area contributed by atoms with Crippen LogP contribution in [-0.4, -0.2) is 47.8 Å². The molecule has 2 fully saturated rings. The number of carbonyl (C=O) groups excluding carboxylic acids is 3. The molecule has 2 atom stereocenters. The van der Waals surface area contributed by atoms with Gasteiger partial charge in [-0.3, -0.25) is 14.4 Å². The number of hydrogen-bond acceptors (Lipinski definition) is 4. The van der Waals surface area contributed by atoms with E-state index < -0.39 is 6.04 Å². The van der Waals surface area contributed by atoms with E-state index in [1.54, 1.807) is 6.92 Å². The molecule has 0 unspecified atom stereocenters. The first-order chi connectivity index (χ1) is 18.5. The predicted octanol–water partition coefficient (Wildman–Crippen LogP) is 4.42. The minimum Gasteiger partial charge on any atom is -0.344 e. The summed E-state index contributed by atoms with van der Waals surface area (Å²) in [7, 11) is 0. The zero-order chi connectivity index (χ0) is 26.7. The van der Waals surface area contributed by atoms with Crippen molar-refractivity contribution in [3.63, 3.8) is 0 Å². The topological polar surface area (TPSA) is 90.5 Å². The summed E-state index contributed by atoms with van der Waals surface area (Å²) >= 11 is 0. The van der Waals surface area contributed by atoms with Gasteiger partial charge in [-0.2, -0.15) is 0 Å². The van der Waals surface area contributed by atoms with Gasteiger partial charge in [0.05, 0.1) is 0 Å². The standard InChI is InChI=1S/C31H42N4O3/c1-2-29(36)34-28(31(38)35-18-17-27(22-35)32-21-25-11-7-4-8-12-25)19-24-13-15-26(16-14-24)33-30(37)20-23-9-5-3-6-10-23/h4,7-8,11-16,23,27-28,32H,2-3,5-6,9-10,17-22H2,1H3,(H,33,37)(H,34,36)/t27-,28-/m1/s1. The van der Waals surface area contributed by atoms with Crippen LogP contribution in [0.25, 0.3) is 0 Å². The molecule has 7 heteroatoms. The van der Waals surface area contributed by atoms with Gasteiger partial charge in [0.25, 0.3) is 0 Å². The minimum atomic E-state index is -0.609. The smallest absolute Gasteiger partial charge is 0.245 e. The van der Waals surface area contributed by atoms with Gasteiger partial charge >= 0.3 is 0 Å². The fraction of sp³-hybridized carbons (Fsp3) is 0.516. The Hall–Kier alpha value is -3.19. The number of nitrogens with zero attached hydrogens (tertiary/aromatic N) is 1. The van der Waals surface area contributed by atoms with Crippen molar-refractivity contribution in [3.8, 4) is 0 Å². The molecule has 0 spiro atoms. The van der Waals surface area contributed by atoms with Crippen molar-refractivity contribution in [1.29, 1.82) is 0 Å². The Morgan fingerprint density at radius 1 is 0.895 bits per heavy atom. The fourth-order valence-electron chi connectivity index (χ4n) is 5.53. The van der Waals surface area contributed by atoms with E-state index in [0.717, 1.165) is 37.1 Å². The van der Waals surface area contributed by atoms with Crippen molar-refractivity contribution in [2.24, 2.45) is 5.92 Å². The van der Waals surface area contributed by atoms with Crippen molar-refractivity contribution in [2.45, 2.75) is 83.3 Å². The molecule has 38 heavy (non-hydrogen) atoms. The number of likely N-dealkylation sites (tertiary alicyclic amines) is 1. The molecule has 204 valence electrons. The van der Waals surface area contributed by atoms with Crippen molar-refractivity contribution in [1.82, 2.24) is 15.5 Å². The molecule has 0 radical (unpaired) electrons. The normalized spacial score (nSPS) is 18.7. The van der Waals surface area contributed by atoms with Crippen molar-refractivity contribution in [3.05, 3.63) is 65.7 Å². The second kappa shape index (κ2) is 14.1. The van der Waals surface area contributed by atoms with E-state index >= 15 is 0 Å². The highest BCUT2D eigenvalue weighted by molar-refractivity contribution is 5.91. The summed E-state index contributed by atoms with van der Waals surface area (Å²) in [5.41, 5.74) is 2.93. The molecule has 2 aromatic rings. The van der Waals surface area contributed by atoms with E-state index in [9.17, 15) is 14.4 Å². The first-order valence-electron chi connectivity index (χ1n) is 14.2. The molecule has 1 saturated carbocycles. The van der Waals surface area contributed by atoms with Crippen LogP contribution >= 0.6 is 0 Å². The van der Waals surface area contributed by atoms with Crippen molar-refractivity contribution >= 4 is 23.4 Å². The highest BCUT2D eigenvalue weighted by atomic mass is 16.2. The summed E-state index contributed by atoms with van der Waals surface area (Å²) in [6.45, 7) is 3.88. The molecule has 1 heterocycles. The van der Waals surface area contributed by atoms with E-state index in [-0.39, 0.29) is 23.8 Å². The van der Waals surface area contributed by atoms with Crippen LogP contribution in [0.4, 0.5) is 5.69 Å². The van der Waals surface area contributed by atoms with Crippen molar-refractivity contribution in [2.75, 3.05) is 18.4 Å². The lowest BCUT2D eigenvalue weighted by Crippen LogP contribution is -2.49. The number of rotatable bonds is 11. The Labute approximate surface area is 226 Å². The lowest BCUT2D eigenvalue weighted by atomic mass is 9.87. The Morgan fingerprint density at radius 3 is 2.34 bits per heavy atom. The Morgan fingerprint density at radius 2 is 1.63 bits per heavy atom.